The van der Waals surface area contributed by atoms with Gasteiger partial charge in [0.25, 0.3) is 0 Å². The van der Waals surface area contributed by atoms with Crippen LogP contribution in [0.4, 0.5) is 5.82 Å². The van der Waals surface area contributed by atoms with Crippen LogP contribution < -0.4 is 19.5 Å². The van der Waals surface area contributed by atoms with E-state index in [9.17, 15) is 0 Å². The molecule has 0 saturated heterocycles. The molecule has 0 radical (unpaired) electrons. The van der Waals surface area contributed by atoms with Gasteiger partial charge in [-0.1, -0.05) is 13.3 Å². The highest BCUT2D eigenvalue weighted by Gasteiger charge is 2.19. The number of hydrogen-bond donors (Lipinski definition) is 1. The molecule has 0 unspecified atom stereocenters. The first-order chi connectivity index (χ1) is 12.3. The summed E-state index contributed by atoms with van der Waals surface area (Å²) in [7, 11) is 4.75. The highest BCUT2D eigenvalue weighted by Crippen LogP contribution is 2.43. The van der Waals surface area contributed by atoms with Crippen LogP contribution in [0.1, 0.15) is 26.2 Å². The van der Waals surface area contributed by atoms with Gasteiger partial charge in [0.1, 0.15) is 17.7 Å². The second-order valence-corrected chi connectivity index (χ2v) is 5.51. The van der Waals surface area contributed by atoms with Crippen LogP contribution in [-0.2, 0) is 4.74 Å². The molecule has 0 bridgehead atoms. The van der Waals surface area contributed by atoms with Gasteiger partial charge in [0, 0.05) is 19.8 Å². The van der Waals surface area contributed by atoms with Crippen LogP contribution in [0.25, 0.3) is 10.9 Å². The molecule has 2 aromatic rings. The van der Waals surface area contributed by atoms with Gasteiger partial charge in [0.05, 0.1) is 26.7 Å². The van der Waals surface area contributed by atoms with Gasteiger partial charge in [-0.25, -0.2) is 9.97 Å². The van der Waals surface area contributed by atoms with Crippen LogP contribution in [0.5, 0.6) is 17.2 Å². The second-order valence-electron chi connectivity index (χ2n) is 5.51. The van der Waals surface area contributed by atoms with Crippen molar-refractivity contribution >= 4 is 16.7 Å². The summed E-state index contributed by atoms with van der Waals surface area (Å²) in [4.78, 5) is 8.68. The van der Waals surface area contributed by atoms with Crippen molar-refractivity contribution in [1.29, 1.82) is 0 Å². The van der Waals surface area contributed by atoms with E-state index < -0.39 is 0 Å². The van der Waals surface area contributed by atoms with E-state index in [1.54, 1.807) is 21.3 Å². The molecule has 0 aliphatic heterocycles. The van der Waals surface area contributed by atoms with Gasteiger partial charge >= 0.3 is 0 Å². The van der Waals surface area contributed by atoms with Gasteiger partial charge in [-0.05, 0) is 18.9 Å². The number of rotatable bonds is 11. The first-order valence-corrected chi connectivity index (χ1v) is 8.52. The lowest BCUT2D eigenvalue weighted by Gasteiger charge is -2.15. The summed E-state index contributed by atoms with van der Waals surface area (Å²) in [5, 5.41) is 4.16. The summed E-state index contributed by atoms with van der Waals surface area (Å²) in [6.45, 7) is 4.47. The third-order valence-corrected chi connectivity index (χ3v) is 3.83. The number of methoxy groups -OCH3 is 3. The van der Waals surface area contributed by atoms with E-state index in [4.69, 9.17) is 18.9 Å². The minimum Gasteiger partial charge on any atom is -0.493 e. The summed E-state index contributed by atoms with van der Waals surface area (Å²) < 4.78 is 21.9. The number of ether oxygens (including phenoxy) is 4. The molecular weight excluding hydrogens is 322 g/mol. The molecule has 7 nitrogen and oxygen atoms in total. The number of fused-ring (bicyclic) bond motifs is 1. The Morgan fingerprint density at radius 2 is 1.72 bits per heavy atom. The summed E-state index contributed by atoms with van der Waals surface area (Å²) in [6.07, 6.45) is 4.67. The zero-order chi connectivity index (χ0) is 18.1. The van der Waals surface area contributed by atoms with Gasteiger partial charge in [-0.3, -0.25) is 0 Å². The molecule has 1 aromatic heterocycles. The molecule has 1 heterocycles. The van der Waals surface area contributed by atoms with E-state index in [0.717, 1.165) is 50.2 Å². The Balaban J connectivity index is 2.15. The monoisotopic (exact) mass is 349 g/mol. The van der Waals surface area contributed by atoms with E-state index in [1.165, 1.54) is 6.33 Å². The van der Waals surface area contributed by atoms with E-state index in [0.29, 0.717) is 22.8 Å². The van der Waals surface area contributed by atoms with Gasteiger partial charge in [0.15, 0.2) is 11.5 Å². The first kappa shape index (κ1) is 19.1. The Bertz CT molecular complexity index is 679. The zero-order valence-electron chi connectivity index (χ0n) is 15.4. The average Bonchev–Trinajstić information content (AvgIpc) is 2.65. The van der Waals surface area contributed by atoms with Gasteiger partial charge in [0.2, 0.25) is 5.75 Å². The van der Waals surface area contributed by atoms with Crippen molar-refractivity contribution in [3.8, 4) is 17.2 Å². The normalized spacial score (nSPS) is 10.7. The van der Waals surface area contributed by atoms with Crippen LogP contribution in [0.2, 0.25) is 0 Å². The average molecular weight is 349 g/mol. The number of nitrogens with zero attached hydrogens (tertiary/aromatic N) is 2. The van der Waals surface area contributed by atoms with Crippen LogP contribution >= 0.6 is 0 Å². The molecule has 0 amide bonds. The fourth-order valence-electron chi connectivity index (χ4n) is 2.53. The van der Waals surface area contributed by atoms with Gasteiger partial charge in [-0.15, -0.1) is 0 Å². The molecule has 0 spiro atoms. The highest BCUT2D eigenvalue weighted by molar-refractivity contribution is 5.96. The second kappa shape index (κ2) is 9.88. The molecule has 138 valence electrons. The third-order valence-electron chi connectivity index (χ3n) is 3.83. The minimum atomic E-state index is 0.520. The predicted molar refractivity (Wildman–Crippen MR) is 98.0 cm³/mol. The Kier molecular flexibility index (Phi) is 7.53. The van der Waals surface area contributed by atoms with Crippen molar-refractivity contribution in [1.82, 2.24) is 9.97 Å². The van der Waals surface area contributed by atoms with Crippen molar-refractivity contribution in [3.05, 3.63) is 12.4 Å². The van der Waals surface area contributed by atoms with E-state index >= 15 is 0 Å². The summed E-state index contributed by atoms with van der Waals surface area (Å²) in [5.41, 5.74) is 0.678. The lowest BCUT2D eigenvalue weighted by Crippen LogP contribution is -2.08. The van der Waals surface area contributed by atoms with Crippen LogP contribution in [0, 0.1) is 0 Å². The van der Waals surface area contributed by atoms with Crippen molar-refractivity contribution < 1.29 is 18.9 Å². The first-order valence-electron chi connectivity index (χ1n) is 8.52. The Morgan fingerprint density at radius 1 is 0.960 bits per heavy atom. The molecule has 0 aliphatic carbocycles. The predicted octanol–water partition coefficient (Wildman–Crippen LogP) is 3.27. The molecule has 0 fully saturated rings. The molecular formula is C18H27N3O4. The molecule has 7 heteroatoms. The number of hydrogen-bond acceptors (Lipinski definition) is 7. The molecule has 0 aliphatic rings. The van der Waals surface area contributed by atoms with Gasteiger partial charge in [-0.2, -0.15) is 0 Å². The minimum absolute atomic E-state index is 0.520. The maximum Gasteiger partial charge on any atom is 0.205 e. The molecule has 1 N–H and O–H groups in total. The van der Waals surface area contributed by atoms with E-state index in [2.05, 4.69) is 22.2 Å². The van der Waals surface area contributed by atoms with Crippen molar-refractivity contribution in [2.24, 2.45) is 0 Å². The quantitative estimate of drug-likeness (QED) is 0.624. The standard InChI is InChI=1S/C18H27N3O4/c1-5-6-9-25-10-7-8-19-18-13-11-14(22-2)16(23-3)17(24-4)15(13)20-12-21-18/h11-12H,5-10H2,1-4H3,(H,19,20,21). The van der Waals surface area contributed by atoms with Crippen molar-refractivity contribution in [3.63, 3.8) is 0 Å². The van der Waals surface area contributed by atoms with E-state index in [-0.39, 0.29) is 0 Å². The Labute approximate surface area is 148 Å². The zero-order valence-corrected chi connectivity index (χ0v) is 15.4. The fraction of sp³-hybridized carbons (Fsp3) is 0.556. The highest BCUT2D eigenvalue weighted by atomic mass is 16.5. The summed E-state index contributed by atoms with van der Waals surface area (Å²) >= 11 is 0. The SMILES string of the molecule is CCCCOCCCNc1ncnc2c(OC)c(OC)c(OC)cc12. The topological polar surface area (TPSA) is 74.7 Å². The lowest BCUT2D eigenvalue weighted by atomic mass is 10.2. The van der Waals surface area contributed by atoms with Crippen LogP contribution in [0.3, 0.4) is 0 Å². The van der Waals surface area contributed by atoms with Gasteiger partial charge < -0.3 is 24.3 Å². The maximum absolute atomic E-state index is 5.57. The number of benzene rings is 1. The number of anilines is 1. The third kappa shape index (κ3) is 4.63. The summed E-state index contributed by atoms with van der Waals surface area (Å²) in [6, 6.07) is 1.86. The smallest absolute Gasteiger partial charge is 0.205 e. The maximum atomic E-state index is 5.57. The molecule has 0 atom stereocenters. The molecule has 1 aromatic carbocycles. The number of unbranched alkanes of at least 4 members (excludes halogenated alkanes) is 1. The Hall–Kier alpha value is -2.28. The molecule has 25 heavy (non-hydrogen) atoms. The Morgan fingerprint density at radius 3 is 2.40 bits per heavy atom. The van der Waals surface area contributed by atoms with Crippen LogP contribution in [0.15, 0.2) is 12.4 Å². The number of aromatic nitrogens is 2. The van der Waals surface area contributed by atoms with Crippen LogP contribution in [-0.4, -0.2) is 51.1 Å². The largest absolute Gasteiger partial charge is 0.493 e. The molecule has 0 saturated carbocycles. The number of nitrogens with one attached hydrogen (secondary N) is 1. The van der Waals surface area contributed by atoms with E-state index in [1.807, 2.05) is 6.07 Å². The summed E-state index contributed by atoms with van der Waals surface area (Å²) in [5.74, 6) is 2.36. The van der Waals surface area contributed by atoms with Crippen molar-refractivity contribution in [2.45, 2.75) is 26.2 Å². The van der Waals surface area contributed by atoms with Crippen molar-refractivity contribution in [2.75, 3.05) is 46.4 Å². The lowest BCUT2D eigenvalue weighted by molar-refractivity contribution is 0.131. The molecule has 2 rings (SSSR count). The fourth-order valence-corrected chi connectivity index (χ4v) is 2.53.